The molecule has 1 atom stereocenters. The van der Waals surface area contributed by atoms with Crippen molar-refractivity contribution in [2.45, 2.75) is 39.2 Å². The van der Waals surface area contributed by atoms with Gasteiger partial charge in [0.05, 0.1) is 6.07 Å². The molecule has 1 aromatic rings. The van der Waals surface area contributed by atoms with Crippen LogP contribution in [0.4, 0.5) is 0 Å². The highest BCUT2D eigenvalue weighted by Crippen LogP contribution is 2.39. The molecule has 3 nitrogen and oxygen atoms in total. The van der Waals surface area contributed by atoms with E-state index in [1.165, 1.54) is 11.1 Å². The van der Waals surface area contributed by atoms with E-state index in [1.54, 1.807) is 0 Å². The molecule has 1 aliphatic carbocycles. The number of nitriles is 1. The molecule has 0 amide bonds. The van der Waals surface area contributed by atoms with Crippen LogP contribution in [0.3, 0.4) is 0 Å². The first-order chi connectivity index (χ1) is 9.02. The summed E-state index contributed by atoms with van der Waals surface area (Å²) < 4.78 is 5.96. The van der Waals surface area contributed by atoms with Crippen LogP contribution in [0.2, 0.25) is 0 Å². The Morgan fingerprint density at radius 3 is 2.58 bits per heavy atom. The Kier molecular flexibility index (Phi) is 3.82. The number of aryl methyl sites for hydroxylation is 2. The maximum atomic E-state index is 9.45. The predicted molar refractivity (Wildman–Crippen MR) is 76.3 cm³/mol. The fraction of sp³-hybridized carbons (Fsp3) is 0.562. The van der Waals surface area contributed by atoms with Gasteiger partial charge in [0.2, 0.25) is 0 Å². The van der Waals surface area contributed by atoms with E-state index in [0.29, 0.717) is 12.5 Å². The zero-order chi connectivity index (χ0) is 14.0. The lowest BCUT2D eigenvalue weighted by molar-refractivity contribution is 0.209. The third-order valence-corrected chi connectivity index (χ3v) is 4.14. The number of rotatable bonds is 5. The maximum absolute atomic E-state index is 9.45. The summed E-state index contributed by atoms with van der Waals surface area (Å²) in [7, 11) is 1.85. The maximum Gasteiger partial charge on any atom is 0.143 e. The topological polar surface area (TPSA) is 45.0 Å². The van der Waals surface area contributed by atoms with Gasteiger partial charge in [-0.3, -0.25) is 5.32 Å². The molecule has 0 heterocycles. The molecule has 0 bridgehead atoms. The van der Waals surface area contributed by atoms with Crippen molar-refractivity contribution in [3.05, 3.63) is 28.8 Å². The zero-order valence-electron chi connectivity index (χ0n) is 12.2. The molecule has 19 heavy (non-hydrogen) atoms. The molecular formula is C16H22N2O. The summed E-state index contributed by atoms with van der Waals surface area (Å²) in [5.74, 6) is 1.32. The van der Waals surface area contributed by atoms with Crippen LogP contribution < -0.4 is 10.1 Å². The SMILES string of the molecule is CNC(C#N)(COc1cc(C)cc(C)c1C)C1CC1. The van der Waals surface area contributed by atoms with Crippen molar-refractivity contribution in [2.24, 2.45) is 5.92 Å². The molecule has 1 aromatic carbocycles. The van der Waals surface area contributed by atoms with Gasteiger partial charge in [-0.05, 0) is 69.3 Å². The Balaban J connectivity index is 2.16. The lowest BCUT2D eigenvalue weighted by Crippen LogP contribution is -2.49. The van der Waals surface area contributed by atoms with E-state index in [1.807, 2.05) is 13.1 Å². The Hall–Kier alpha value is -1.53. The van der Waals surface area contributed by atoms with Crippen molar-refractivity contribution in [3.63, 3.8) is 0 Å². The Morgan fingerprint density at radius 2 is 2.05 bits per heavy atom. The molecule has 0 aromatic heterocycles. The fourth-order valence-electron chi connectivity index (χ4n) is 2.49. The van der Waals surface area contributed by atoms with E-state index in [-0.39, 0.29) is 0 Å². The third kappa shape index (κ3) is 2.74. The van der Waals surface area contributed by atoms with Gasteiger partial charge in [0.1, 0.15) is 17.9 Å². The van der Waals surface area contributed by atoms with Gasteiger partial charge in [0, 0.05) is 0 Å². The average Bonchev–Trinajstić information content (AvgIpc) is 3.21. The Bertz CT molecular complexity index is 514. The van der Waals surface area contributed by atoms with Gasteiger partial charge in [-0.1, -0.05) is 6.07 Å². The molecule has 1 N–H and O–H groups in total. The molecular weight excluding hydrogens is 236 g/mol. The zero-order valence-corrected chi connectivity index (χ0v) is 12.2. The van der Waals surface area contributed by atoms with E-state index in [9.17, 15) is 5.26 Å². The van der Waals surface area contributed by atoms with E-state index < -0.39 is 5.54 Å². The molecule has 102 valence electrons. The van der Waals surface area contributed by atoms with Crippen molar-refractivity contribution in [3.8, 4) is 11.8 Å². The molecule has 1 saturated carbocycles. The minimum atomic E-state index is -0.538. The van der Waals surface area contributed by atoms with Crippen LogP contribution in [-0.2, 0) is 0 Å². The second kappa shape index (κ2) is 5.22. The third-order valence-electron chi connectivity index (χ3n) is 4.14. The van der Waals surface area contributed by atoms with Gasteiger partial charge in [-0.2, -0.15) is 5.26 Å². The van der Waals surface area contributed by atoms with Crippen molar-refractivity contribution in [1.29, 1.82) is 5.26 Å². The normalized spacial score (nSPS) is 17.6. The molecule has 1 unspecified atom stereocenters. The fourth-order valence-corrected chi connectivity index (χ4v) is 2.49. The monoisotopic (exact) mass is 258 g/mol. The number of hydrogen-bond donors (Lipinski definition) is 1. The molecule has 0 saturated heterocycles. The Labute approximate surface area is 115 Å². The van der Waals surface area contributed by atoms with E-state index in [4.69, 9.17) is 4.74 Å². The first kappa shape index (κ1) is 13.9. The average molecular weight is 258 g/mol. The molecule has 0 spiro atoms. The summed E-state index contributed by atoms with van der Waals surface area (Å²) in [6.45, 7) is 6.63. The lowest BCUT2D eigenvalue weighted by atomic mass is 9.96. The number of hydrogen-bond acceptors (Lipinski definition) is 3. The van der Waals surface area contributed by atoms with Crippen molar-refractivity contribution >= 4 is 0 Å². The van der Waals surface area contributed by atoms with Crippen LogP contribution in [-0.4, -0.2) is 19.2 Å². The lowest BCUT2D eigenvalue weighted by Gasteiger charge is -2.26. The van der Waals surface area contributed by atoms with Crippen molar-refractivity contribution in [2.75, 3.05) is 13.7 Å². The van der Waals surface area contributed by atoms with Crippen molar-refractivity contribution < 1.29 is 4.74 Å². The molecule has 0 radical (unpaired) electrons. The van der Waals surface area contributed by atoms with Crippen LogP contribution in [0.25, 0.3) is 0 Å². The molecule has 0 aliphatic heterocycles. The van der Waals surface area contributed by atoms with Gasteiger partial charge in [-0.15, -0.1) is 0 Å². The standard InChI is InChI=1S/C16H22N2O/c1-11-7-12(2)13(3)15(8-11)19-10-16(9-17,18-4)14-5-6-14/h7-8,14,18H,5-6,10H2,1-4H3. The second-order valence-electron chi connectivity index (χ2n) is 5.60. The van der Waals surface area contributed by atoms with Crippen LogP contribution in [0.15, 0.2) is 12.1 Å². The summed E-state index contributed by atoms with van der Waals surface area (Å²) in [6.07, 6.45) is 2.23. The van der Waals surface area contributed by atoms with Gasteiger partial charge in [0.25, 0.3) is 0 Å². The van der Waals surface area contributed by atoms with Crippen molar-refractivity contribution in [1.82, 2.24) is 5.32 Å². The van der Waals surface area contributed by atoms with Crippen LogP contribution >= 0.6 is 0 Å². The number of nitrogens with zero attached hydrogens (tertiary/aromatic N) is 1. The second-order valence-corrected chi connectivity index (χ2v) is 5.60. The van der Waals surface area contributed by atoms with Gasteiger partial charge >= 0.3 is 0 Å². The quantitative estimate of drug-likeness (QED) is 0.883. The molecule has 1 fully saturated rings. The van der Waals surface area contributed by atoms with Crippen LogP contribution in [0.5, 0.6) is 5.75 Å². The summed E-state index contributed by atoms with van der Waals surface area (Å²) in [4.78, 5) is 0. The predicted octanol–water partition coefficient (Wildman–Crippen LogP) is 2.88. The summed E-state index contributed by atoms with van der Waals surface area (Å²) >= 11 is 0. The van der Waals surface area contributed by atoms with E-state index >= 15 is 0 Å². The van der Waals surface area contributed by atoms with Crippen LogP contribution in [0.1, 0.15) is 29.5 Å². The molecule has 3 heteroatoms. The smallest absolute Gasteiger partial charge is 0.143 e. The van der Waals surface area contributed by atoms with Crippen LogP contribution in [0, 0.1) is 38.0 Å². The first-order valence-corrected chi connectivity index (χ1v) is 6.83. The van der Waals surface area contributed by atoms with Gasteiger partial charge < -0.3 is 4.74 Å². The number of nitrogens with one attached hydrogen (secondary N) is 1. The highest BCUT2D eigenvalue weighted by molar-refractivity contribution is 5.42. The van der Waals surface area contributed by atoms with Gasteiger partial charge in [0.15, 0.2) is 0 Å². The van der Waals surface area contributed by atoms with E-state index in [0.717, 1.165) is 24.2 Å². The largest absolute Gasteiger partial charge is 0.490 e. The summed E-state index contributed by atoms with van der Waals surface area (Å²) in [5.41, 5.74) is 3.04. The number of likely N-dealkylation sites (N-methyl/N-ethyl adjacent to an activating group) is 1. The minimum absolute atomic E-state index is 0.411. The Morgan fingerprint density at radius 1 is 1.37 bits per heavy atom. The van der Waals surface area contributed by atoms with Gasteiger partial charge in [-0.25, -0.2) is 0 Å². The van der Waals surface area contributed by atoms with E-state index in [2.05, 4.69) is 38.2 Å². The first-order valence-electron chi connectivity index (χ1n) is 6.83. The highest BCUT2D eigenvalue weighted by Gasteiger charge is 2.45. The highest BCUT2D eigenvalue weighted by atomic mass is 16.5. The number of ether oxygens (including phenoxy) is 1. The minimum Gasteiger partial charge on any atom is -0.490 e. The summed E-state index contributed by atoms with van der Waals surface area (Å²) in [5, 5.41) is 12.6. The number of benzene rings is 1. The molecule has 1 aliphatic rings. The molecule has 2 rings (SSSR count). The summed E-state index contributed by atoms with van der Waals surface area (Å²) in [6, 6.07) is 6.61.